The molecule has 1 fully saturated rings. The first kappa shape index (κ1) is 15.8. The van der Waals surface area contributed by atoms with E-state index in [0.29, 0.717) is 17.0 Å². The molecule has 0 radical (unpaired) electrons. The molecule has 0 atom stereocenters. The van der Waals surface area contributed by atoms with Gasteiger partial charge in [-0.3, -0.25) is 9.89 Å². The molecule has 1 N–H and O–H groups in total. The van der Waals surface area contributed by atoms with E-state index in [1.807, 2.05) is 26.0 Å². The monoisotopic (exact) mass is 339 g/mol. The van der Waals surface area contributed by atoms with E-state index in [9.17, 15) is 4.79 Å². The molecule has 0 unspecified atom stereocenters. The Morgan fingerprint density at radius 1 is 1.16 bits per heavy atom. The molecule has 1 saturated heterocycles. The first-order valence-corrected chi connectivity index (χ1v) is 8.54. The molecule has 0 amide bonds. The van der Waals surface area contributed by atoms with E-state index in [1.165, 1.54) is 10.8 Å². The van der Waals surface area contributed by atoms with Gasteiger partial charge < -0.3 is 9.64 Å². The van der Waals surface area contributed by atoms with Crippen LogP contribution < -0.4 is 10.5 Å². The van der Waals surface area contributed by atoms with Crippen molar-refractivity contribution < 1.29 is 4.74 Å². The van der Waals surface area contributed by atoms with Gasteiger partial charge in [-0.1, -0.05) is 26.0 Å². The summed E-state index contributed by atoms with van der Waals surface area (Å²) >= 11 is 0. The van der Waals surface area contributed by atoms with Crippen molar-refractivity contribution in [3.8, 4) is 11.3 Å². The highest BCUT2D eigenvalue weighted by atomic mass is 16.5. The van der Waals surface area contributed by atoms with Crippen LogP contribution in [0.4, 0.5) is 5.69 Å². The van der Waals surface area contributed by atoms with Crippen LogP contribution in [0.2, 0.25) is 0 Å². The Bertz CT molecular complexity index is 936. The number of ether oxygens (including phenoxy) is 1. The van der Waals surface area contributed by atoms with Crippen LogP contribution in [-0.4, -0.2) is 45.9 Å². The molecule has 0 saturated carbocycles. The van der Waals surface area contributed by atoms with Crippen molar-refractivity contribution in [1.29, 1.82) is 0 Å². The van der Waals surface area contributed by atoms with Crippen molar-refractivity contribution in [1.82, 2.24) is 19.6 Å². The Labute approximate surface area is 145 Å². The number of hydrogen-bond donors (Lipinski definition) is 1. The van der Waals surface area contributed by atoms with Crippen molar-refractivity contribution in [3.05, 3.63) is 46.5 Å². The Hall–Kier alpha value is -2.67. The van der Waals surface area contributed by atoms with Crippen molar-refractivity contribution in [2.24, 2.45) is 0 Å². The molecule has 25 heavy (non-hydrogen) atoms. The second-order valence-electron chi connectivity index (χ2n) is 6.50. The minimum Gasteiger partial charge on any atom is -0.378 e. The molecule has 1 aliphatic heterocycles. The summed E-state index contributed by atoms with van der Waals surface area (Å²) in [5.74, 6) is 0.454. The minimum atomic E-state index is -0.0928. The molecule has 0 aliphatic carbocycles. The van der Waals surface area contributed by atoms with E-state index in [2.05, 4.69) is 32.1 Å². The van der Waals surface area contributed by atoms with Gasteiger partial charge in [0.15, 0.2) is 0 Å². The second kappa shape index (κ2) is 6.33. The van der Waals surface area contributed by atoms with Crippen molar-refractivity contribution in [2.45, 2.75) is 19.8 Å². The number of hydrogen-bond acceptors (Lipinski definition) is 5. The quantitative estimate of drug-likeness (QED) is 0.790. The maximum atomic E-state index is 12.8. The molecule has 4 rings (SSSR count). The summed E-state index contributed by atoms with van der Waals surface area (Å²) < 4.78 is 6.79. The lowest BCUT2D eigenvalue weighted by molar-refractivity contribution is 0.122. The lowest BCUT2D eigenvalue weighted by Gasteiger charge is -2.29. The molecular formula is C18H21N5O2. The van der Waals surface area contributed by atoms with Gasteiger partial charge in [0.05, 0.1) is 18.9 Å². The van der Waals surface area contributed by atoms with Gasteiger partial charge in [0.25, 0.3) is 11.3 Å². The molecule has 7 nitrogen and oxygen atoms in total. The fourth-order valence-electron chi connectivity index (χ4n) is 3.26. The zero-order valence-corrected chi connectivity index (χ0v) is 14.4. The van der Waals surface area contributed by atoms with Crippen molar-refractivity contribution in [3.63, 3.8) is 0 Å². The van der Waals surface area contributed by atoms with Crippen LogP contribution in [0.25, 0.3) is 17.0 Å². The van der Waals surface area contributed by atoms with Gasteiger partial charge in [0, 0.05) is 29.9 Å². The van der Waals surface area contributed by atoms with E-state index < -0.39 is 0 Å². The molecule has 2 aromatic heterocycles. The maximum Gasteiger partial charge on any atom is 0.278 e. The zero-order chi connectivity index (χ0) is 17.4. The standard InChI is InChI=1S/C18H21N5O2/c1-12(2)15-16(21-18-19-11-20-23(18)17(15)24)13-3-5-14(6-4-13)22-7-9-25-10-8-22/h3-6,11-12H,7-10H2,1-2H3,(H,19,20,21). The summed E-state index contributed by atoms with van der Waals surface area (Å²) in [6, 6.07) is 8.22. The fraction of sp³-hybridized carbons (Fsp3) is 0.389. The number of anilines is 1. The van der Waals surface area contributed by atoms with Gasteiger partial charge in [0.2, 0.25) is 0 Å². The van der Waals surface area contributed by atoms with Crippen molar-refractivity contribution in [2.75, 3.05) is 31.2 Å². The first-order chi connectivity index (χ1) is 12.1. The third-order valence-corrected chi connectivity index (χ3v) is 4.56. The predicted octanol–water partition coefficient (Wildman–Crippen LogP) is 2.04. The normalized spacial score (nSPS) is 15.2. The third-order valence-electron chi connectivity index (χ3n) is 4.56. The molecule has 1 aliphatic rings. The highest BCUT2D eigenvalue weighted by Gasteiger charge is 2.19. The third kappa shape index (κ3) is 2.80. The van der Waals surface area contributed by atoms with E-state index >= 15 is 0 Å². The van der Waals surface area contributed by atoms with Crippen LogP contribution in [0.5, 0.6) is 0 Å². The van der Waals surface area contributed by atoms with Crippen LogP contribution >= 0.6 is 0 Å². The number of nitrogens with one attached hydrogen (secondary N) is 1. The number of aromatic amines is 1. The average Bonchev–Trinajstić information content (AvgIpc) is 3.11. The van der Waals surface area contributed by atoms with Crippen LogP contribution in [0.15, 0.2) is 35.4 Å². The summed E-state index contributed by atoms with van der Waals surface area (Å²) in [4.78, 5) is 23.8. The fourth-order valence-corrected chi connectivity index (χ4v) is 3.26. The number of morpholine rings is 1. The molecule has 3 heterocycles. The van der Waals surface area contributed by atoms with Gasteiger partial charge in [-0.25, -0.2) is 9.97 Å². The minimum absolute atomic E-state index is 0.0640. The van der Waals surface area contributed by atoms with E-state index in [0.717, 1.165) is 37.6 Å². The zero-order valence-electron chi connectivity index (χ0n) is 14.4. The SMILES string of the molecule is CC(C)c1c(-c2ccc(N3CCOCC3)cc2)nc2nc[nH]n2c1=O. The highest BCUT2D eigenvalue weighted by molar-refractivity contribution is 5.67. The average molecular weight is 339 g/mol. The van der Waals surface area contributed by atoms with E-state index in [4.69, 9.17) is 4.74 Å². The molecule has 130 valence electrons. The molecule has 3 aromatic rings. The van der Waals surface area contributed by atoms with Gasteiger partial charge in [-0.15, -0.1) is 0 Å². The Balaban J connectivity index is 1.78. The smallest absolute Gasteiger partial charge is 0.278 e. The Morgan fingerprint density at radius 2 is 1.88 bits per heavy atom. The van der Waals surface area contributed by atoms with Gasteiger partial charge >= 0.3 is 0 Å². The van der Waals surface area contributed by atoms with E-state index in [1.54, 1.807) is 0 Å². The topological polar surface area (TPSA) is 75.5 Å². The molecule has 0 spiro atoms. The summed E-state index contributed by atoms with van der Waals surface area (Å²) in [5, 5.41) is 2.83. The van der Waals surface area contributed by atoms with Crippen LogP contribution in [0, 0.1) is 0 Å². The predicted molar refractivity (Wildman–Crippen MR) is 96.2 cm³/mol. The summed E-state index contributed by atoms with van der Waals surface area (Å²) in [7, 11) is 0. The number of aromatic nitrogens is 4. The summed E-state index contributed by atoms with van der Waals surface area (Å²) in [5.41, 5.74) is 3.41. The largest absolute Gasteiger partial charge is 0.378 e. The molecule has 1 aromatic carbocycles. The molecular weight excluding hydrogens is 318 g/mol. The lowest BCUT2D eigenvalue weighted by Crippen LogP contribution is -2.36. The highest BCUT2D eigenvalue weighted by Crippen LogP contribution is 2.27. The van der Waals surface area contributed by atoms with Crippen LogP contribution in [-0.2, 0) is 4.74 Å². The number of nitrogens with zero attached hydrogens (tertiary/aromatic N) is 4. The van der Waals surface area contributed by atoms with Gasteiger partial charge in [-0.05, 0) is 18.1 Å². The summed E-state index contributed by atoms with van der Waals surface area (Å²) in [6.07, 6.45) is 1.49. The van der Waals surface area contributed by atoms with Gasteiger partial charge in [-0.2, -0.15) is 4.52 Å². The molecule has 0 bridgehead atoms. The van der Waals surface area contributed by atoms with Gasteiger partial charge in [0.1, 0.15) is 6.33 Å². The number of rotatable bonds is 3. The maximum absolute atomic E-state index is 12.8. The lowest BCUT2D eigenvalue weighted by atomic mass is 9.98. The number of fused-ring (bicyclic) bond motifs is 1. The van der Waals surface area contributed by atoms with Crippen LogP contribution in [0.3, 0.4) is 0 Å². The van der Waals surface area contributed by atoms with E-state index in [-0.39, 0.29) is 11.5 Å². The molecule has 7 heteroatoms. The Morgan fingerprint density at radius 3 is 2.56 bits per heavy atom. The first-order valence-electron chi connectivity index (χ1n) is 8.54. The van der Waals surface area contributed by atoms with Crippen LogP contribution in [0.1, 0.15) is 25.3 Å². The Kier molecular flexibility index (Phi) is 4.01. The summed E-state index contributed by atoms with van der Waals surface area (Å²) in [6.45, 7) is 7.32. The van der Waals surface area contributed by atoms with Crippen molar-refractivity contribution >= 4 is 11.5 Å². The number of H-pyrrole nitrogens is 1. The number of benzene rings is 1. The second-order valence-corrected chi connectivity index (χ2v) is 6.50.